The molecule has 6 aliphatic rings. The van der Waals surface area contributed by atoms with E-state index in [9.17, 15) is 29.1 Å². The number of piperidine rings is 3. The summed E-state index contributed by atoms with van der Waals surface area (Å²) in [6, 6.07) is 23.4. The van der Waals surface area contributed by atoms with Crippen molar-refractivity contribution in [2.24, 2.45) is 5.41 Å². The minimum Gasteiger partial charge on any atom is -0.508 e. The van der Waals surface area contributed by atoms with Gasteiger partial charge in [0.05, 0.1) is 29.6 Å². The summed E-state index contributed by atoms with van der Waals surface area (Å²) >= 11 is 0. The Labute approximate surface area is 343 Å². The zero-order valence-electron chi connectivity index (χ0n) is 33.1. The van der Waals surface area contributed by atoms with Crippen molar-refractivity contribution in [1.29, 1.82) is 0 Å². The Balaban J connectivity index is 0.732. The SMILES string of the molecule is O=C1CCC(N2C(=O)c3cc4c(cc3C2=O)CN(CC(=O)N2CCC3(CC2)CCN(c2ccc([C@H]5c6ccc(O)cc6CC[C@H]5c5ccccc5)nc2)CC3)C4)C(=O)N1. The molecule has 0 saturated carbocycles. The summed E-state index contributed by atoms with van der Waals surface area (Å²) in [4.78, 5) is 77.0. The number of likely N-dealkylation sites (tertiary alicyclic amines) is 1. The zero-order valence-corrected chi connectivity index (χ0v) is 33.1. The Morgan fingerprint density at radius 2 is 1.47 bits per heavy atom. The van der Waals surface area contributed by atoms with Gasteiger partial charge in [0.1, 0.15) is 11.8 Å². The summed E-state index contributed by atoms with van der Waals surface area (Å²) in [6.07, 6.45) is 8.31. The van der Waals surface area contributed by atoms with Crippen LogP contribution in [-0.2, 0) is 33.9 Å². The van der Waals surface area contributed by atoms with E-state index in [2.05, 4.69) is 63.6 Å². The molecule has 0 bridgehead atoms. The van der Waals surface area contributed by atoms with Crippen LogP contribution in [0.2, 0.25) is 0 Å². The van der Waals surface area contributed by atoms with Crippen LogP contribution in [-0.4, -0.2) is 93.1 Å². The zero-order chi connectivity index (χ0) is 40.4. The van der Waals surface area contributed by atoms with Gasteiger partial charge in [0.2, 0.25) is 17.7 Å². The second-order valence-electron chi connectivity index (χ2n) is 17.5. The molecule has 12 nitrogen and oxygen atoms in total. The third-order valence-electron chi connectivity index (χ3n) is 14.2. The number of benzene rings is 3. The number of carbonyl (C=O) groups is 5. The van der Waals surface area contributed by atoms with E-state index in [-0.39, 0.29) is 47.8 Å². The van der Waals surface area contributed by atoms with Crippen LogP contribution < -0.4 is 10.2 Å². The molecule has 3 saturated heterocycles. The number of aryl methyl sites for hydroxylation is 1. The van der Waals surface area contributed by atoms with Crippen molar-refractivity contribution in [3.8, 4) is 5.75 Å². The Morgan fingerprint density at radius 1 is 0.780 bits per heavy atom. The Morgan fingerprint density at radius 3 is 2.14 bits per heavy atom. The average molecular weight is 793 g/mol. The third-order valence-corrected chi connectivity index (χ3v) is 14.2. The van der Waals surface area contributed by atoms with Crippen LogP contribution in [0.1, 0.15) is 111 Å². The molecule has 4 aromatic rings. The fraction of sp³-hybridized carbons (Fsp3) is 0.404. The summed E-state index contributed by atoms with van der Waals surface area (Å²) < 4.78 is 0. The van der Waals surface area contributed by atoms with E-state index in [0.29, 0.717) is 24.8 Å². The van der Waals surface area contributed by atoms with E-state index < -0.39 is 29.7 Å². The highest BCUT2D eigenvalue weighted by Gasteiger charge is 2.46. The number of carbonyl (C=O) groups excluding carboxylic acids is 5. The first-order valence-electron chi connectivity index (χ1n) is 21.1. The molecular formula is C47H48N6O6. The second-order valence-corrected chi connectivity index (χ2v) is 17.5. The first-order valence-corrected chi connectivity index (χ1v) is 21.1. The predicted octanol–water partition coefficient (Wildman–Crippen LogP) is 5.28. The second kappa shape index (κ2) is 14.7. The number of phenols is 1. The smallest absolute Gasteiger partial charge is 0.262 e. The van der Waals surface area contributed by atoms with Crippen molar-refractivity contribution in [1.82, 2.24) is 25.0 Å². The van der Waals surface area contributed by atoms with Gasteiger partial charge in [-0.1, -0.05) is 36.4 Å². The van der Waals surface area contributed by atoms with Gasteiger partial charge in [-0.2, -0.15) is 0 Å². The number of pyridine rings is 1. The molecule has 3 aromatic carbocycles. The fourth-order valence-corrected chi connectivity index (χ4v) is 10.8. The van der Waals surface area contributed by atoms with Crippen molar-refractivity contribution in [3.63, 3.8) is 0 Å². The van der Waals surface area contributed by atoms with Crippen molar-refractivity contribution in [3.05, 3.63) is 124 Å². The molecule has 302 valence electrons. The van der Waals surface area contributed by atoms with Gasteiger partial charge in [-0.15, -0.1) is 0 Å². The highest BCUT2D eigenvalue weighted by molar-refractivity contribution is 6.23. The van der Waals surface area contributed by atoms with E-state index in [1.54, 1.807) is 18.2 Å². The number of amides is 5. The molecule has 5 amide bonds. The predicted molar refractivity (Wildman–Crippen MR) is 219 cm³/mol. The van der Waals surface area contributed by atoms with Gasteiger partial charge in [-0.3, -0.25) is 44.1 Å². The van der Waals surface area contributed by atoms with E-state index in [0.717, 1.165) is 92.1 Å². The minimum atomic E-state index is -0.992. The maximum Gasteiger partial charge on any atom is 0.262 e. The van der Waals surface area contributed by atoms with Crippen LogP contribution in [0.4, 0.5) is 5.69 Å². The van der Waals surface area contributed by atoms with Gasteiger partial charge >= 0.3 is 0 Å². The molecule has 3 atom stereocenters. The molecule has 10 rings (SSSR count). The number of hydrogen-bond donors (Lipinski definition) is 2. The van der Waals surface area contributed by atoms with Gasteiger partial charge in [-0.05, 0) is 120 Å². The highest BCUT2D eigenvalue weighted by Crippen LogP contribution is 2.47. The van der Waals surface area contributed by atoms with Crippen LogP contribution in [0, 0.1) is 5.41 Å². The molecule has 59 heavy (non-hydrogen) atoms. The maximum absolute atomic E-state index is 13.6. The number of phenolic OH excluding ortho intramolecular Hbond substituents is 1. The van der Waals surface area contributed by atoms with E-state index >= 15 is 0 Å². The normalized spacial score (nSPS) is 23.9. The molecule has 1 aromatic heterocycles. The van der Waals surface area contributed by atoms with E-state index in [4.69, 9.17) is 4.98 Å². The molecule has 1 unspecified atom stereocenters. The molecular weight excluding hydrogens is 745 g/mol. The quantitative estimate of drug-likeness (QED) is 0.250. The topological polar surface area (TPSA) is 143 Å². The van der Waals surface area contributed by atoms with Crippen LogP contribution in [0.3, 0.4) is 0 Å². The first kappa shape index (κ1) is 37.4. The highest BCUT2D eigenvalue weighted by atomic mass is 16.3. The lowest BCUT2D eigenvalue weighted by molar-refractivity contribution is -0.137. The van der Waals surface area contributed by atoms with Crippen LogP contribution in [0.5, 0.6) is 5.75 Å². The number of aromatic hydroxyl groups is 1. The number of anilines is 1. The lowest BCUT2D eigenvalue weighted by Gasteiger charge is -2.47. The lowest BCUT2D eigenvalue weighted by Crippen LogP contribution is -2.54. The molecule has 1 aliphatic carbocycles. The number of imide groups is 2. The number of nitrogens with zero attached hydrogens (tertiary/aromatic N) is 5. The Bertz CT molecular complexity index is 2320. The molecule has 6 heterocycles. The molecule has 5 aliphatic heterocycles. The summed E-state index contributed by atoms with van der Waals surface area (Å²) in [6.45, 7) is 4.68. The molecule has 0 radical (unpaired) electrons. The Hall–Kier alpha value is -5.88. The number of nitrogens with one attached hydrogen (secondary N) is 1. The van der Waals surface area contributed by atoms with E-state index in [1.165, 1.54) is 16.7 Å². The van der Waals surface area contributed by atoms with E-state index in [1.807, 2.05) is 17.2 Å². The molecule has 12 heteroatoms. The van der Waals surface area contributed by atoms with Crippen LogP contribution in [0.15, 0.2) is 79.0 Å². The summed E-state index contributed by atoms with van der Waals surface area (Å²) in [5.74, 6) is -1.20. The third kappa shape index (κ3) is 6.76. The fourth-order valence-electron chi connectivity index (χ4n) is 10.8. The van der Waals surface area contributed by atoms with Gasteiger partial charge in [0, 0.05) is 57.3 Å². The molecule has 3 fully saturated rings. The lowest BCUT2D eigenvalue weighted by atomic mass is 9.70. The maximum atomic E-state index is 13.6. The Kier molecular flexibility index (Phi) is 9.34. The summed E-state index contributed by atoms with van der Waals surface area (Å²) in [7, 11) is 0. The van der Waals surface area contributed by atoms with Crippen LogP contribution in [0.25, 0.3) is 0 Å². The van der Waals surface area contributed by atoms with Gasteiger partial charge in [0.15, 0.2) is 0 Å². The standard InChI is InChI=1S/C47H48N6O6/c54-34-8-10-36-30(22-34)6-9-35(29-4-2-1-3-5-29)43(36)39-11-7-33(25-48-39)51-18-14-47(15-19-51)16-20-52(21-17-47)42(56)28-50-26-31-23-37-38(24-32(31)27-50)46(59)53(45(37)58)40-12-13-41(55)49-44(40)57/h1-5,7-8,10-11,22-25,35,40,43,54H,6,9,12-21,26-28H2,(H,49,55,57)/t35-,40?,43+/m0/s1. The average Bonchev–Trinajstić information content (AvgIpc) is 3.75. The van der Waals surface area contributed by atoms with Crippen molar-refractivity contribution >= 4 is 35.2 Å². The number of rotatable bonds is 6. The number of hydrogen-bond acceptors (Lipinski definition) is 9. The number of fused-ring (bicyclic) bond motifs is 3. The van der Waals surface area contributed by atoms with Crippen molar-refractivity contribution in [2.75, 3.05) is 37.6 Å². The molecule has 2 N–H and O–H groups in total. The summed E-state index contributed by atoms with van der Waals surface area (Å²) in [5, 5.41) is 12.5. The van der Waals surface area contributed by atoms with Crippen molar-refractivity contribution in [2.45, 2.75) is 82.3 Å². The first-order chi connectivity index (χ1) is 28.6. The minimum absolute atomic E-state index is 0.0789. The summed E-state index contributed by atoms with van der Waals surface area (Å²) in [5.41, 5.74) is 8.58. The van der Waals surface area contributed by atoms with Gasteiger partial charge in [0.25, 0.3) is 11.8 Å². The molecule has 1 spiro atoms. The van der Waals surface area contributed by atoms with Gasteiger partial charge in [-0.25, -0.2) is 0 Å². The monoisotopic (exact) mass is 792 g/mol. The van der Waals surface area contributed by atoms with Gasteiger partial charge < -0.3 is 14.9 Å². The largest absolute Gasteiger partial charge is 0.508 e. The van der Waals surface area contributed by atoms with Crippen LogP contribution >= 0.6 is 0 Å². The number of aromatic nitrogens is 1. The van der Waals surface area contributed by atoms with Crippen molar-refractivity contribution < 1.29 is 29.1 Å².